The maximum atomic E-state index is 12.9. The summed E-state index contributed by atoms with van der Waals surface area (Å²) in [5.41, 5.74) is -1.46. The average molecular weight is 285 g/mol. The lowest BCUT2D eigenvalue weighted by atomic mass is 10.1. The number of aromatic amines is 1. The van der Waals surface area contributed by atoms with Gasteiger partial charge in [0.05, 0.1) is 12.7 Å². The highest BCUT2D eigenvalue weighted by Crippen LogP contribution is 2.36. The summed E-state index contributed by atoms with van der Waals surface area (Å²) in [6.45, 7) is 1.29. The van der Waals surface area contributed by atoms with E-state index in [2.05, 4.69) is 9.72 Å². The van der Waals surface area contributed by atoms with Gasteiger partial charge in [0.2, 0.25) is 0 Å². The lowest BCUT2D eigenvalue weighted by Crippen LogP contribution is -2.13. The predicted molar refractivity (Wildman–Crippen MR) is 64.6 cm³/mol. The Kier molecular flexibility index (Phi) is 3.29. The fourth-order valence-electron chi connectivity index (χ4n) is 1.94. The third-order valence-corrected chi connectivity index (χ3v) is 2.88. The van der Waals surface area contributed by atoms with Crippen molar-refractivity contribution in [3.8, 4) is 0 Å². The highest BCUT2D eigenvalue weighted by molar-refractivity contribution is 6.08. The summed E-state index contributed by atoms with van der Waals surface area (Å²) < 4.78 is 43.2. The number of aromatic nitrogens is 1. The molecule has 0 atom stereocenters. The molecule has 1 aromatic heterocycles. The summed E-state index contributed by atoms with van der Waals surface area (Å²) in [6.07, 6.45) is -4.72. The number of fused-ring (bicyclic) bond motifs is 1. The molecule has 0 fully saturated rings. The number of hydrogen-bond acceptors (Lipinski definition) is 3. The van der Waals surface area contributed by atoms with Crippen LogP contribution in [0.2, 0.25) is 0 Å². The van der Waals surface area contributed by atoms with E-state index in [0.29, 0.717) is 0 Å². The molecule has 20 heavy (non-hydrogen) atoms. The van der Waals surface area contributed by atoms with Crippen LogP contribution in [-0.4, -0.2) is 23.8 Å². The molecule has 7 heteroatoms. The van der Waals surface area contributed by atoms with Crippen LogP contribution in [-0.2, 0) is 10.9 Å². The molecule has 0 spiro atoms. The number of methoxy groups -OCH3 is 1. The molecular formula is C13H10F3NO3. The molecule has 0 saturated heterocycles. The number of esters is 1. The standard InChI is InChI=1S/C13H10F3NO3/c1-6(18)7-3-4-9-8(5-7)10(12(19)20-2)11(17-9)13(14,15)16/h3-5,17H,1-2H3. The van der Waals surface area contributed by atoms with E-state index in [4.69, 9.17) is 0 Å². The van der Waals surface area contributed by atoms with Crippen molar-refractivity contribution in [2.45, 2.75) is 13.1 Å². The molecule has 0 amide bonds. The zero-order valence-electron chi connectivity index (χ0n) is 10.6. The molecule has 2 rings (SSSR count). The van der Waals surface area contributed by atoms with Crippen LogP contribution in [0.5, 0.6) is 0 Å². The first-order valence-corrected chi connectivity index (χ1v) is 5.58. The number of ether oxygens (including phenoxy) is 1. The third-order valence-electron chi connectivity index (χ3n) is 2.88. The second-order valence-electron chi connectivity index (χ2n) is 4.18. The van der Waals surface area contributed by atoms with E-state index < -0.39 is 23.4 Å². The highest BCUT2D eigenvalue weighted by atomic mass is 19.4. The normalized spacial score (nSPS) is 11.7. The van der Waals surface area contributed by atoms with Gasteiger partial charge in [-0.05, 0) is 25.1 Å². The molecule has 1 heterocycles. The minimum atomic E-state index is -4.72. The molecule has 1 N–H and O–H groups in total. The van der Waals surface area contributed by atoms with Gasteiger partial charge in [-0.1, -0.05) is 0 Å². The van der Waals surface area contributed by atoms with Gasteiger partial charge in [-0.3, -0.25) is 4.79 Å². The second-order valence-corrected chi connectivity index (χ2v) is 4.18. The summed E-state index contributed by atoms with van der Waals surface area (Å²) in [6, 6.07) is 3.96. The van der Waals surface area contributed by atoms with Crippen molar-refractivity contribution in [1.82, 2.24) is 4.98 Å². The molecule has 0 bridgehead atoms. The number of H-pyrrole nitrogens is 1. The molecule has 0 aliphatic heterocycles. The first-order valence-electron chi connectivity index (χ1n) is 5.58. The fourth-order valence-corrected chi connectivity index (χ4v) is 1.94. The number of nitrogens with one attached hydrogen (secondary N) is 1. The molecular weight excluding hydrogens is 275 g/mol. The molecule has 0 aliphatic carbocycles. The largest absolute Gasteiger partial charge is 0.465 e. The van der Waals surface area contributed by atoms with Gasteiger partial charge in [0.1, 0.15) is 5.69 Å². The number of Topliss-reactive ketones (excluding diaryl/α,β-unsaturated/α-hetero) is 1. The number of carbonyl (C=O) groups is 2. The Balaban J connectivity index is 2.82. The molecule has 2 aromatic rings. The SMILES string of the molecule is COC(=O)c1c(C(F)(F)F)[nH]c2ccc(C(C)=O)cc12. The number of rotatable bonds is 2. The number of ketones is 1. The molecule has 0 aliphatic rings. The Morgan fingerprint density at radius 2 is 1.90 bits per heavy atom. The van der Waals surface area contributed by atoms with Crippen LogP contribution in [0.3, 0.4) is 0 Å². The Morgan fingerprint density at radius 1 is 1.25 bits per heavy atom. The predicted octanol–water partition coefficient (Wildman–Crippen LogP) is 3.18. The van der Waals surface area contributed by atoms with E-state index in [1.54, 1.807) is 0 Å². The van der Waals surface area contributed by atoms with Crippen molar-refractivity contribution in [1.29, 1.82) is 0 Å². The topological polar surface area (TPSA) is 59.2 Å². The van der Waals surface area contributed by atoms with Crippen molar-refractivity contribution in [3.05, 3.63) is 35.0 Å². The zero-order valence-corrected chi connectivity index (χ0v) is 10.6. The Hall–Kier alpha value is -2.31. The number of benzene rings is 1. The van der Waals surface area contributed by atoms with Crippen molar-refractivity contribution in [3.63, 3.8) is 0 Å². The van der Waals surface area contributed by atoms with Crippen LogP contribution in [0.1, 0.15) is 33.3 Å². The van der Waals surface area contributed by atoms with Gasteiger partial charge < -0.3 is 9.72 Å². The molecule has 0 radical (unpaired) electrons. The number of halogens is 3. The Labute approximate surface area is 111 Å². The number of hydrogen-bond donors (Lipinski definition) is 1. The van der Waals surface area contributed by atoms with Crippen LogP contribution in [0.15, 0.2) is 18.2 Å². The fraction of sp³-hybridized carbons (Fsp3) is 0.231. The van der Waals surface area contributed by atoms with Crippen LogP contribution in [0, 0.1) is 0 Å². The quantitative estimate of drug-likeness (QED) is 0.681. The van der Waals surface area contributed by atoms with Gasteiger partial charge in [-0.15, -0.1) is 0 Å². The van der Waals surface area contributed by atoms with E-state index in [1.807, 2.05) is 0 Å². The maximum absolute atomic E-state index is 12.9. The monoisotopic (exact) mass is 285 g/mol. The first-order chi connectivity index (χ1) is 9.25. The van der Waals surface area contributed by atoms with Crippen molar-refractivity contribution in [2.24, 2.45) is 0 Å². The van der Waals surface area contributed by atoms with Gasteiger partial charge >= 0.3 is 12.1 Å². The van der Waals surface area contributed by atoms with Crippen LogP contribution in [0.25, 0.3) is 10.9 Å². The van der Waals surface area contributed by atoms with Gasteiger partial charge in [-0.2, -0.15) is 13.2 Å². The number of alkyl halides is 3. The summed E-state index contributed by atoms with van der Waals surface area (Å²) in [5.74, 6) is -1.42. The summed E-state index contributed by atoms with van der Waals surface area (Å²) in [5, 5.41) is 0.0110. The summed E-state index contributed by atoms with van der Waals surface area (Å²) in [4.78, 5) is 25.1. The second kappa shape index (κ2) is 4.66. The molecule has 106 valence electrons. The smallest absolute Gasteiger partial charge is 0.432 e. The van der Waals surface area contributed by atoms with E-state index in [9.17, 15) is 22.8 Å². The van der Waals surface area contributed by atoms with Crippen LogP contribution in [0.4, 0.5) is 13.2 Å². The van der Waals surface area contributed by atoms with Gasteiger partial charge in [0.15, 0.2) is 5.78 Å². The third kappa shape index (κ3) is 2.26. The van der Waals surface area contributed by atoms with Crippen LogP contribution < -0.4 is 0 Å². The van der Waals surface area contributed by atoms with E-state index in [1.165, 1.54) is 25.1 Å². The Morgan fingerprint density at radius 3 is 2.40 bits per heavy atom. The van der Waals surface area contributed by atoms with E-state index in [-0.39, 0.29) is 22.2 Å². The van der Waals surface area contributed by atoms with E-state index >= 15 is 0 Å². The summed E-state index contributed by atoms with van der Waals surface area (Å²) >= 11 is 0. The highest BCUT2D eigenvalue weighted by Gasteiger charge is 2.39. The lowest BCUT2D eigenvalue weighted by Gasteiger charge is -2.06. The average Bonchev–Trinajstić information content (AvgIpc) is 2.75. The van der Waals surface area contributed by atoms with E-state index in [0.717, 1.165) is 7.11 Å². The van der Waals surface area contributed by atoms with Crippen molar-refractivity contribution in [2.75, 3.05) is 7.11 Å². The summed E-state index contributed by atoms with van der Waals surface area (Å²) in [7, 11) is 0.996. The zero-order chi connectivity index (χ0) is 15.1. The first kappa shape index (κ1) is 14.1. The number of carbonyl (C=O) groups excluding carboxylic acids is 2. The molecule has 0 saturated carbocycles. The van der Waals surface area contributed by atoms with Crippen molar-refractivity contribution < 1.29 is 27.5 Å². The minimum Gasteiger partial charge on any atom is -0.465 e. The lowest BCUT2D eigenvalue weighted by molar-refractivity contribution is -0.141. The maximum Gasteiger partial charge on any atom is 0.432 e. The molecule has 1 aromatic carbocycles. The van der Waals surface area contributed by atoms with Crippen LogP contribution >= 0.6 is 0 Å². The van der Waals surface area contributed by atoms with Gasteiger partial charge in [0, 0.05) is 16.5 Å². The minimum absolute atomic E-state index is 0.0110. The van der Waals surface area contributed by atoms with Gasteiger partial charge in [0.25, 0.3) is 0 Å². The Bertz CT molecular complexity index is 701. The van der Waals surface area contributed by atoms with Gasteiger partial charge in [-0.25, -0.2) is 4.79 Å². The van der Waals surface area contributed by atoms with Crippen molar-refractivity contribution >= 4 is 22.7 Å². The molecule has 0 unspecified atom stereocenters. The molecule has 4 nitrogen and oxygen atoms in total.